The molecule has 0 aliphatic carbocycles. The van der Waals surface area contributed by atoms with Gasteiger partial charge in [0.2, 0.25) is 5.85 Å². The van der Waals surface area contributed by atoms with E-state index in [1.165, 1.54) is 4.90 Å². The largest absolute Gasteiger partial charge is 0.480 e. The van der Waals surface area contributed by atoms with Crippen LogP contribution in [0.4, 0.5) is 4.79 Å². The summed E-state index contributed by atoms with van der Waals surface area (Å²) >= 11 is 0. The molecule has 3 aromatic carbocycles. The predicted molar refractivity (Wildman–Crippen MR) is 176 cm³/mol. The molecular formula is C35H41N2O10P. The van der Waals surface area contributed by atoms with Crippen molar-refractivity contribution in [2.75, 3.05) is 20.2 Å². The summed E-state index contributed by atoms with van der Waals surface area (Å²) in [6.45, 7) is 0.532. The number of rotatable bonds is 17. The molecule has 12 nitrogen and oxygen atoms in total. The summed E-state index contributed by atoms with van der Waals surface area (Å²) in [6.07, 6.45) is -0.496. The fraction of sp³-hybridized carbons (Fsp3) is 0.371. The molecular weight excluding hydrogens is 639 g/mol. The highest BCUT2D eigenvalue weighted by molar-refractivity contribution is 7.54. The minimum atomic E-state index is -4.38. The highest BCUT2D eigenvalue weighted by Crippen LogP contribution is 2.55. The highest BCUT2D eigenvalue weighted by Gasteiger charge is 2.45. The van der Waals surface area contributed by atoms with Crippen LogP contribution in [-0.4, -0.2) is 72.1 Å². The number of amides is 2. The maximum atomic E-state index is 14.5. The number of nitrogens with one attached hydrogen (secondary N) is 1. The Balaban J connectivity index is 1.48. The zero-order valence-electron chi connectivity index (χ0n) is 26.8. The molecule has 1 aliphatic heterocycles. The number of alkyl carbamates (subject to hydrolysis) is 1. The van der Waals surface area contributed by atoms with E-state index in [9.17, 15) is 28.8 Å². The summed E-state index contributed by atoms with van der Waals surface area (Å²) in [5.74, 6) is -3.98. The molecule has 1 saturated heterocycles. The molecule has 0 aromatic heterocycles. The van der Waals surface area contributed by atoms with Gasteiger partial charge >= 0.3 is 25.6 Å². The van der Waals surface area contributed by atoms with Gasteiger partial charge in [-0.2, -0.15) is 0 Å². The molecule has 3 aromatic rings. The van der Waals surface area contributed by atoms with E-state index in [0.29, 0.717) is 24.8 Å². The Morgan fingerprint density at radius 2 is 1.54 bits per heavy atom. The number of carbonyl (C=O) groups is 4. The summed E-state index contributed by atoms with van der Waals surface area (Å²) in [4.78, 5) is 52.3. The van der Waals surface area contributed by atoms with Gasteiger partial charge in [-0.1, -0.05) is 78.9 Å². The van der Waals surface area contributed by atoms with Crippen LogP contribution in [0.3, 0.4) is 0 Å². The second-order valence-corrected chi connectivity index (χ2v) is 13.5. The lowest BCUT2D eigenvalue weighted by Gasteiger charge is -2.31. The Kier molecular flexibility index (Phi) is 13.7. The van der Waals surface area contributed by atoms with Gasteiger partial charge in [-0.15, -0.1) is 0 Å². The van der Waals surface area contributed by atoms with Gasteiger partial charge in [0.15, 0.2) is 0 Å². The van der Waals surface area contributed by atoms with Crippen LogP contribution in [0.1, 0.15) is 53.6 Å². The predicted octanol–water partition coefficient (Wildman–Crippen LogP) is 5.81. The molecule has 4 rings (SSSR count). The number of carboxylic acid groups (broad SMARTS) is 1. The zero-order chi connectivity index (χ0) is 34.4. The van der Waals surface area contributed by atoms with Gasteiger partial charge < -0.3 is 29.3 Å². The number of carbonyl (C=O) groups excluding carboxylic acids is 3. The van der Waals surface area contributed by atoms with Gasteiger partial charge in [0, 0.05) is 26.6 Å². The van der Waals surface area contributed by atoms with Crippen molar-refractivity contribution in [1.29, 1.82) is 0 Å². The topological polar surface area (TPSA) is 158 Å². The van der Waals surface area contributed by atoms with Gasteiger partial charge in [0.25, 0.3) is 5.91 Å². The average Bonchev–Trinajstić information content (AvgIpc) is 3.61. The van der Waals surface area contributed by atoms with Crippen LogP contribution in [0, 0.1) is 0 Å². The normalized spacial score (nSPS) is 16.7. The van der Waals surface area contributed by atoms with Crippen LogP contribution >= 0.6 is 7.60 Å². The third kappa shape index (κ3) is 10.5. The number of hydrogen-bond donors (Lipinski definition) is 2. The van der Waals surface area contributed by atoms with E-state index in [1.54, 1.807) is 54.6 Å². The lowest BCUT2D eigenvalue weighted by molar-refractivity contribution is -0.151. The molecule has 0 spiro atoms. The maximum absolute atomic E-state index is 14.5. The fourth-order valence-electron chi connectivity index (χ4n) is 5.32. The second kappa shape index (κ2) is 18.1. The standard InChI is InChI=1S/C35H41N2O10P/c1-44-48(43,31(24-26-14-5-2-6-15-26)46-34(41)28-18-9-4-10-19-28)47-30(32(38)37-23-13-20-29(37)33(39)40)21-11-12-22-36-35(42)45-25-27-16-7-3-8-17-27/h2-10,14-19,29-31H,11-13,20-25H2,1H3,(H,36,42)(H,39,40)/t29-,30?,31-,48?/m0/s1. The van der Waals surface area contributed by atoms with Crippen molar-refractivity contribution < 1.29 is 47.4 Å². The Morgan fingerprint density at radius 3 is 2.17 bits per heavy atom. The van der Waals surface area contributed by atoms with Gasteiger partial charge in [-0.3, -0.25) is 13.9 Å². The van der Waals surface area contributed by atoms with E-state index < -0.39 is 49.5 Å². The second-order valence-electron chi connectivity index (χ2n) is 11.2. The fourth-order valence-corrected chi connectivity index (χ4v) is 6.98. The Morgan fingerprint density at radius 1 is 0.917 bits per heavy atom. The molecule has 0 bridgehead atoms. The molecule has 13 heteroatoms. The lowest BCUT2D eigenvalue weighted by atomic mass is 10.1. The van der Waals surface area contributed by atoms with Gasteiger partial charge in [-0.05, 0) is 55.4 Å². The monoisotopic (exact) mass is 680 g/mol. The smallest absolute Gasteiger partial charge is 0.407 e. The number of ether oxygens (including phenoxy) is 2. The van der Waals surface area contributed by atoms with E-state index in [0.717, 1.165) is 12.7 Å². The van der Waals surface area contributed by atoms with Gasteiger partial charge in [0.05, 0.1) is 5.56 Å². The lowest BCUT2D eigenvalue weighted by Crippen LogP contribution is -2.46. The number of esters is 1. The highest BCUT2D eigenvalue weighted by atomic mass is 31.2. The van der Waals surface area contributed by atoms with Crippen molar-refractivity contribution in [3.8, 4) is 0 Å². The first-order chi connectivity index (χ1) is 23.2. The number of carboxylic acids is 1. The molecule has 0 radical (unpaired) electrons. The van der Waals surface area contributed by atoms with Crippen LogP contribution in [0.25, 0.3) is 0 Å². The Hall–Kier alpha value is -4.51. The van der Waals surface area contributed by atoms with Gasteiger partial charge in [-0.25, -0.2) is 14.4 Å². The van der Waals surface area contributed by atoms with E-state index in [1.807, 2.05) is 36.4 Å². The molecule has 2 unspecified atom stereocenters. The molecule has 2 N–H and O–H groups in total. The van der Waals surface area contributed by atoms with E-state index in [4.69, 9.17) is 18.5 Å². The number of benzene rings is 3. The third-order valence-corrected chi connectivity index (χ3v) is 9.91. The minimum Gasteiger partial charge on any atom is -0.480 e. The van der Waals surface area contributed by atoms with Crippen LogP contribution in [0.15, 0.2) is 91.0 Å². The summed E-state index contributed by atoms with van der Waals surface area (Å²) in [5, 5.41) is 12.4. The first kappa shape index (κ1) is 36.3. The van der Waals surface area contributed by atoms with Crippen LogP contribution in [0.5, 0.6) is 0 Å². The Labute approximate surface area is 279 Å². The van der Waals surface area contributed by atoms with Crippen molar-refractivity contribution in [3.05, 3.63) is 108 Å². The third-order valence-electron chi connectivity index (χ3n) is 7.86. The number of nitrogens with zero attached hydrogens (tertiary/aromatic N) is 1. The zero-order valence-corrected chi connectivity index (χ0v) is 27.7. The maximum Gasteiger partial charge on any atom is 0.407 e. The number of aliphatic carboxylic acids is 1. The van der Waals surface area contributed by atoms with Crippen LogP contribution < -0.4 is 5.32 Å². The van der Waals surface area contributed by atoms with Crippen molar-refractivity contribution in [1.82, 2.24) is 10.2 Å². The minimum absolute atomic E-state index is 0.0282. The molecule has 0 saturated carbocycles. The van der Waals surface area contributed by atoms with E-state index in [-0.39, 0.29) is 44.5 Å². The molecule has 1 fully saturated rings. The van der Waals surface area contributed by atoms with E-state index in [2.05, 4.69) is 5.32 Å². The summed E-state index contributed by atoms with van der Waals surface area (Å²) in [5.41, 5.74) is 1.75. The van der Waals surface area contributed by atoms with Crippen LogP contribution in [-0.2, 0) is 45.7 Å². The van der Waals surface area contributed by atoms with Crippen molar-refractivity contribution in [2.45, 2.75) is 63.1 Å². The van der Waals surface area contributed by atoms with Crippen molar-refractivity contribution in [2.24, 2.45) is 0 Å². The number of hydrogen-bond acceptors (Lipinski definition) is 9. The molecule has 1 heterocycles. The Bertz CT molecular complexity index is 1540. The average molecular weight is 681 g/mol. The molecule has 1 aliphatic rings. The van der Waals surface area contributed by atoms with Gasteiger partial charge in [0.1, 0.15) is 18.8 Å². The SMILES string of the molecule is COP(=O)(OC(CCCCNC(=O)OCc1ccccc1)C(=O)N1CCC[C@H]1C(=O)O)[C@@H](Cc1ccccc1)OC(=O)c1ccccc1. The molecule has 256 valence electrons. The van der Waals surface area contributed by atoms with Crippen LogP contribution in [0.2, 0.25) is 0 Å². The summed E-state index contributed by atoms with van der Waals surface area (Å²) in [7, 11) is -3.23. The number of likely N-dealkylation sites (tertiary alicyclic amines) is 1. The molecule has 48 heavy (non-hydrogen) atoms. The van der Waals surface area contributed by atoms with Crippen molar-refractivity contribution in [3.63, 3.8) is 0 Å². The van der Waals surface area contributed by atoms with E-state index >= 15 is 0 Å². The quantitative estimate of drug-likeness (QED) is 0.101. The van der Waals surface area contributed by atoms with Crippen molar-refractivity contribution >= 4 is 31.5 Å². The molecule has 2 amide bonds. The first-order valence-electron chi connectivity index (χ1n) is 15.8. The summed E-state index contributed by atoms with van der Waals surface area (Å²) < 4.78 is 36.9. The molecule has 4 atom stereocenters. The summed E-state index contributed by atoms with van der Waals surface area (Å²) in [6, 6.07) is 25.3. The number of unbranched alkanes of at least 4 members (excludes halogenated alkanes) is 1. The first-order valence-corrected chi connectivity index (χ1v) is 17.4.